The van der Waals surface area contributed by atoms with Crippen LogP contribution in [0.1, 0.15) is 37.7 Å². The number of carbonyl (C=O) groups is 1. The molecule has 1 aromatic carbocycles. The molecule has 1 atom stereocenters. The van der Waals surface area contributed by atoms with Crippen molar-refractivity contribution in [2.24, 2.45) is 0 Å². The van der Waals surface area contributed by atoms with Crippen LogP contribution in [0, 0.1) is 0 Å². The lowest BCUT2D eigenvalue weighted by atomic mass is 9.78. The maximum atomic E-state index is 13.1. The zero-order valence-corrected chi connectivity index (χ0v) is 15.2. The summed E-state index contributed by atoms with van der Waals surface area (Å²) in [6.45, 7) is 1.68. The number of nitrogens with one attached hydrogen (secondary N) is 1. The standard InChI is InChI=1S/C19H26ClNO4/c20-16-5-3-15(4-6-16)19(7-1-2-8-19)17(23)21-13-18(25-12-10-22)9-11-24-14-18/h3-6,22H,1-2,7-14H2,(H,21,23). The Kier molecular flexibility index (Phi) is 6.00. The van der Waals surface area contributed by atoms with Gasteiger partial charge in [-0.3, -0.25) is 4.79 Å². The molecule has 0 aromatic heterocycles. The average Bonchev–Trinajstić information content (AvgIpc) is 3.30. The largest absolute Gasteiger partial charge is 0.394 e. The summed E-state index contributed by atoms with van der Waals surface area (Å²) >= 11 is 6.01. The fourth-order valence-corrected chi connectivity index (χ4v) is 4.09. The Hall–Kier alpha value is -1.14. The lowest BCUT2D eigenvalue weighted by Crippen LogP contribution is -2.51. The number of benzene rings is 1. The van der Waals surface area contributed by atoms with Gasteiger partial charge in [0.05, 0.1) is 25.2 Å². The number of amides is 1. The molecule has 6 heteroatoms. The molecule has 1 aliphatic heterocycles. The van der Waals surface area contributed by atoms with E-state index in [1.165, 1.54) is 0 Å². The molecule has 0 spiro atoms. The number of rotatable bonds is 7. The van der Waals surface area contributed by atoms with Gasteiger partial charge in [-0.1, -0.05) is 36.6 Å². The van der Waals surface area contributed by atoms with Crippen LogP contribution in [0.3, 0.4) is 0 Å². The highest BCUT2D eigenvalue weighted by molar-refractivity contribution is 6.30. The number of aliphatic hydroxyl groups excluding tert-OH is 1. The Balaban J connectivity index is 1.72. The summed E-state index contributed by atoms with van der Waals surface area (Å²) in [6.07, 6.45) is 4.51. The molecule has 1 unspecified atom stereocenters. The van der Waals surface area contributed by atoms with Gasteiger partial charge in [0.15, 0.2) is 0 Å². The van der Waals surface area contributed by atoms with Crippen molar-refractivity contribution in [3.63, 3.8) is 0 Å². The average molecular weight is 368 g/mol. The molecule has 1 amide bonds. The van der Waals surface area contributed by atoms with Gasteiger partial charge < -0.3 is 19.9 Å². The Morgan fingerprint density at radius 2 is 1.96 bits per heavy atom. The smallest absolute Gasteiger partial charge is 0.230 e. The number of carbonyl (C=O) groups excluding carboxylic acids is 1. The summed E-state index contributed by atoms with van der Waals surface area (Å²) in [4.78, 5) is 13.1. The highest BCUT2D eigenvalue weighted by atomic mass is 35.5. The van der Waals surface area contributed by atoms with E-state index in [1.54, 1.807) is 0 Å². The number of halogens is 1. The summed E-state index contributed by atoms with van der Waals surface area (Å²) in [6, 6.07) is 7.62. The van der Waals surface area contributed by atoms with Crippen molar-refractivity contribution in [1.82, 2.24) is 5.32 Å². The van der Waals surface area contributed by atoms with E-state index < -0.39 is 11.0 Å². The van der Waals surface area contributed by atoms with Gasteiger partial charge >= 0.3 is 0 Å². The molecule has 1 aromatic rings. The lowest BCUT2D eigenvalue weighted by molar-refractivity contribution is -0.129. The van der Waals surface area contributed by atoms with E-state index in [1.807, 2.05) is 24.3 Å². The fraction of sp³-hybridized carbons (Fsp3) is 0.632. The first-order chi connectivity index (χ1) is 12.1. The molecule has 0 bridgehead atoms. The topological polar surface area (TPSA) is 67.8 Å². The molecule has 1 saturated heterocycles. The number of aliphatic hydroxyl groups is 1. The molecule has 2 fully saturated rings. The van der Waals surface area contributed by atoms with Crippen LogP contribution in [0.4, 0.5) is 0 Å². The summed E-state index contributed by atoms with van der Waals surface area (Å²) in [7, 11) is 0. The third-order valence-corrected chi connectivity index (χ3v) is 5.68. The predicted molar refractivity (Wildman–Crippen MR) is 95.8 cm³/mol. The van der Waals surface area contributed by atoms with Gasteiger partial charge in [0, 0.05) is 24.6 Å². The normalized spacial score (nSPS) is 25.2. The number of ether oxygens (including phenoxy) is 2. The highest BCUT2D eigenvalue weighted by Crippen LogP contribution is 2.41. The zero-order valence-electron chi connectivity index (χ0n) is 14.4. The Labute approximate surface area is 153 Å². The van der Waals surface area contributed by atoms with Crippen molar-refractivity contribution in [1.29, 1.82) is 0 Å². The van der Waals surface area contributed by atoms with Crippen LogP contribution in [0.5, 0.6) is 0 Å². The maximum absolute atomic E-state index is 13.1. The molecular weight excluding hydrogens is 342 g/mol. The van der Waals surface area contributed by atoms with Crippen molar-refractivity contribution in [3.8, 4) is 0 Å². The SMILES string of the molecule is O=C(NCC1(OCCO)CCOC1)C1(c2ccc(Cl)cc2)CCCC1. The molecule has 5 nitrogen and oxygen atoms in total. The predicted octanol–water partition coefficient (Wildman–Crippen LogP) is 2.44. The van der Waals surface area contributed by atoms with Crippen molar-refractivity contribution >= 4 is 17.5 Å². The molecule has 1 heterocycles. The summed E-state index contributed by atoms with van der Waals surface area (Å²) in [5.74, 6) is 0.0474. The first kappa shape index (κ1) is 18.6. The van der Waals surface area contributed by atoms with Gasteiger partial charge in [0.1, 0.15) is 5.60 Å². The van der Waals surface area contributed by atoms with E-state index in [4.69, 9.17) is 26.2 Å². The Bertz CT molecular complexity index is 578. The van der Waals surface area contributed by atoms with E-state index in [0.717, 1.165) is 37.7 Å². The van der Waals surface area contributed by atoms with Gasteiger partial charge in [-0.15, -0.1) is 0 Å². The zero-order chi connectivity index (χ0) is 17.8. The third-order valence-electron chi connectivity index (χ3n) is 5.43. The first-order valence-corrected chi connectivity index (χ1v) is 9.35. The van der Waals surface area contributed by atoms with Crippen LogP contribution in [0.25, 0.3) is 0 Å². The first-order valence-electron chi connectivity index (χ1n) is 8.97. The van der Waals surface area contributed by atoms with Crippen LogP contribution in [0.15, 0.2) is 24.3 Å². The lowest BCUT2D eigenvalue weighted by Gasteiger charge is -2.32. The molecule has 2 aliphatic rings. The quantitative estimate of drug-likeness (QED) is 0.776. The van der Waals surface area contributed by atoms with Gasteiger partial charge in [0.25, 0.3) is 0 Å². The van der Waals surface area contributed by atoms with Crippen LogP contribution < -0.4 is 5.32 Å². The molecule has 3 rings (SSSR count). The van der Waals surface area contributed by atoms with Crippen LogP contribution >= 0.6 is 11.6 Å². The Morgan fingerprint density at radius 1 is 1.24 bits per heavy atom. The third kappa shape index (κ3) is 4.00. The molecule has 25 heavy (non-hydrogen) atoms. The van der Waals surface area contributed by atoms with Crippen LogP contribution in [-0.4, -0.2) is 49.6 Å². The minimum Gasteiger partial charge on any atom is -0.394 e. The van der Waals surface area contributed by atoms with Crippen LogP contribution in [-0.2, 0) is 19.7 Å². The Morgan fingerprint density at radius 3 is 2.56 bits per heavy atom. The van der Waals surface area contributed by atoms with E-state index >= 15 is 0 Å². The second-order valence-corrected chi connectivity index (χ2v) is 7.47. The van der Waals surface area contributed by atoms with Gasteiger partial charge in [0.2, 0.25) is 5.91 Å². The molecule has 0 radical (unpaired) electrons. The minimum absolute atomic E-state index is 0.0373. The fourth-order valence-electron chi connectivity index (χ4n) is 3.96. The second-order valence-electron chi connectivity index (χ2n) is 7.04. The van der Waals surface area contributed by atoms with Crippen molar-refractivity contribution in [2.75, 3.05) is 33.0 Å². The second kappa shape index (κ2) is 8.04. The molecule has 138 valence electrons. The monoisotopic (exact) mass is 367 g/mol. The van der Waals surface area contributed by atoms with Crippen LogP contribution in [0.2, 0.25) is 5.02 Å². The van der Waals surface area contributed by atoms with E-state index in [9.17, 15) is 4.79 Å². The van der Waals surface area contributed by atoms with Gasteiger partial charge in [-0.2, -0.15) is 0 Å². The number of hydrogen-bond donors (Lipinski definition) is 2. The summed E-state index contributed by atoms with van der Waals surface area (Å²) < 4.78 is 11.3. The van der Waals surface area contributed by atoms with E-state index in [0.29, 0.717) is 24.8 Å². The van der Waals surface area contributed by atoms with E-state index in [2.05, 4.69) is 5.32 Å². The summed E-state index contributed by atoms with van der Waals surface area (Å²) in [5, 5.41) is 12.8. The molecule has 2 N–H and O–H groups in total. The molecule has 1 saturated carbocycles. The number of hydrogen-bond acceptors (Lipinski definition) is 4. The maximum Gasteiger partial charge on any atom is 0.230 e. The van der Waals surface area contributed by atoms with Crippen molar-refractivity contribution in [2.45, 2.75) is 43.1 Å². The summed E-state index contributed by atoms with van der Waals surface area (Å²) in [5.41, 5.74) is 0.0142. The van der Waals surface area contributed by atoms with Crippen molar-refractivity contribution in [3.05, 3.63) is 34.9 Å². The minimum atomic E-state index is -0.530. The molecular formula is C19H26ClNO4. The van der Waals surface area contributed by atoms with Gasteiger partial charge in [-0.25, -0.2) is 0 Å². The highest BCUT2D eigenvalue weighted by Gasteiger charge is 2.44. The van der Waals surface area contributed by atoms with Crippen molar-refractivity contribution < 1.29 is 19.4 Å². The van der Waals surface area contributed by atoms with E-state index in [-0.39, 0.29) is 19.1 Å². The van der Waals surface area contributed by atoms with Gasteiger partial charge in [-0.05, 0) is 30.5 Å². The molecule has 1 aliphatic carbocycles.